The van der Waals surface area contributed by atoms with Gasteiger partial charge in [0.05, 0.1) is 0 Å². The van der Waals surface area contributed by atoms with Crippen LogP contribution in [0.1, 0.15) is 21.5 Å². The van der Waals surface area contributed by atoms with Gasteiger partial charge in [-0.3, -0.25) is 25.8 Å². The molecule has 2 amide bonds. The van der Waals surface area contributed by atoms with Crippen LogP contribution in [0.25, 0.3) is 0 Å². The fraction of sp³-hybridized carbons (Fsp3) is 0.167. The molecule has 0 aromatic heterocycles. The Balaban J connectivity index is 1.78. The highest BCUT2D eigenvalue weighted by Gasteiger charge is 2.10. The molecule has 0 aliphatic rings. The summed E-state index contributed by atoms with van der Waals surface area (Å²) < 4.78 is 5.42. The number of hydrogen-bond donors (Lipinski definition) is 3. The fourth-order valence-electron chi connectivity index (χ4n) is 2.14. The van der Waals surface area contributed by atoms with Crippen molar-refractivity contribution in [2.45, 2.75) is 13.8 Å². The molecule has 0 aliphatic heterocycles. The summed E-state index contributed by atoms with van der Waals surface area (Å²) in [6.45, 7) is 3.47. The van der Waals surface area contributed by atoms with E-state index >= 15 is 0 Å². The van der Waals surface area contributed by atoms with Crippen LogP contribution < -0.4 is 20.9 Å². The molecule has 3 N–H and O–H groups in total. The quantitative estimate of drug-likeness (QED) is 0.517. The minimum Gasteiger partial charge on any atom is -0.484 e. The molecule has 2 aromatic rings. The number of halogens is 2. The first-order chi connectivity index (χ1) is 12.8. The van der Waals surface area contributed by atoms with Crippen LogP contribution in [0.15, 0.2) is 36.4 Å². The van der Waals surface area contributed by atoms with Crippen LogP contribution in [-0.4, -0.2) is 23.5 Å². The lowest BCUT2D eigenvalue weighted by Gasteiger charge is -2.12. The van der Waals surface area contributed by atoms with Crippen molar-refractivity contribution in [3.63, 3.8) is 0 Å². The van der Waals surface area contributed by atoms with Crippen LogP contribution in [0.5, 0.6) is 5.75 Å². The molecule has 142 valence electrons. The summed E-state index contributed by atoms with van der Waals surface area (Å²) in [5.74, 6) is -0.395. The van der Waals surface area contributed by atoms with Gasteiger partial charge in [0.1, 0.15) is 5.75 Å². The first-order valence-electron chi connectivity index (χ1n) is 7.81. The highest BCUT2D eigenvalue weighted by Crippen LogP contribution is 2.25. The Kier molecular flexibility index (Phi) is 7.41. The smallest absolute Gasteiger partial charge is 0.276 e. The van der Waals surface area contributed by atoms with Gasteiger partial charge in [0.2, 0.25) is 0 Å². The Bertz CT molecular complexity index is 867. The maximum absolute atomic E-state index is 12.0. The summed E-state index contributed by atoms with van der Waals surface area (Å²) in [5.41, 5.74) is 6.83. The molecule has 0 bridgehead atoms. The summed E-state index contributed by atoms with van der Waals surface area (Å²) in [4.78, 5) is 23.9. The Morgan fingerprint density at radius 2 is 1.74 bits per heavy atom. The van der Waals surface area contributed by atoms with Gasteiger partial charge in [0, 0.05) is 15.6 Å². The molecule has 27 heavy (non-hydrogen) atoms. The van der Waals surface area contributed by atoms with Crippen molar-refractivity contribution in [2.75, 3.05) is 6.61 Å². The van der Waals surface area contributed by atoms with Crippen LogP contribution >= 0.6 is 35.4 Å². The van der Waals surface area contributed by atoms with E-state index in [-0.39, 0.29) is 11.7 Å². The van der Waals surface area contributed by atoms with Crippen LogP contribution in [0.2, 0.25) is 10.0 Å². The number of ether oxygens (including phenoxy) is 1. The summed E-state index contributed by atoms with van der Waals surface area (Å²) in [6.07, 6.45) is 0. The molecule has 9 heteroatoms. The van der Waals surface area contributed by atoms with E-state index < -0.39 is 11.8 Å². The second-order valence-corrected chi connectivity index (χ2v) is 6.85. The highest BCUT2D eigenvalue weighted by atomic mass is 35.5. The van der Waals surface area contributed by atoms with E-state index in [0.717, 1.165) is 11.1 Å². The number of amides is 2. The molecule has 0 heterocycles. The lowest BCUT2D eigenvalue weighted by atomic mass is 10.1. The third kappa shape index (κ3) is 6.39. The lowest BCUT2D eigenvalue weighted by Crippen LogP contribution is -2.49. The molecule has 2 rings (SSSR count). The number of thiocarbonyl (C=S) groups is 1. The van der Waals surface area contributed by atoms with Gasteiger partial charge in [-0.05, 0) is 67.5 Å². The van der Waals surface area contributed by atoms with E-state index in [2.05, 4.69) is 16.2 Å². The number of carbonyl (C=O) groups is 2. The molecular formula is C18H17Cl2N3O3S. The fourth-order valence-corrected chi connectivity index (χ4v) is 2.58. The van der Waals surface area contributed by atoms with Gasteiger partial charge in [0.15, 0.2) is 11.7 Å². The molecule has 0 aliphatic carbocycles. The molecule has 2 aromatic carbocycles. The first-order valence-corrected chi connectivity index (χ1v) is 8.98. The van der Waals surface area contributed by atoms with Crippen molar-refractivity contribution < 1.29 is 14.3 Å². The molecule has 0 spiro atoms. The molecule has 0 atom stereocenters. The summed E-state index contributed by atoms with van der Waals surface area (Å²) in [5, 5.41) is 3.45. The Labute approximate surface area is 172 Å². The van der Waals surface area contributed by atoms with Crippen molar-refractivity contribution in [1.29, 1.82) is 0 Å². The molecule has 0 unspecified atom stereocenters. The SMILES string of the molecule is Cc1cc(OCC(=O)NNC(=S)NC(=O)c2cccc(Cl)c2)cc(C)c1Cl. The second kappa shape index (κ2) is 9.55. The van der Waals surface area contributed by atoms with E-state index in [4.69, 9.17) is 40.2 Å². The molecule has 0 saturated carbocycles. The zero-order valence-corrected chi connectivity index (χ0v) is 16.9. The predicted molar refractivity (Wildman–Crippen MR) is 109 cm³/mol. The topological polar surface area (TPSA) is 79.5 Å². The van der Waals surface area contributed by atoms with Crippen LogP contribution in [0, 0.1) is 13.8 Å². The standard InChI is InChI=1S/C18H17Cl2N3O3S/c1-10-6-14(7-11(2)16(10)20)26-9-15(24)22-23-18(27)21-17(25)12-4-3-5-13(19)8-12/h3-8H,9H2,1-2H3,(H,22,24)(H2,21,23,25,27). The first kappa shape index (κ1) is 21.0. The lowest BCUT2D eigenvalue weighted by molar-refractivity contribution is -0.123. The van der Waals surface area contributed by atoms with Crippen molar-refractivity contribution in [3.8, 4) is 5.75 Å². The monoisotopic (exact) mass is 425 g/mol. The maximum Gasteiger partial charge on any atom is 0.276 e. The zero-order chi connectivity index (χ0) is 20.0. The minimum atomic E-state index is -0.473. The largest absolute Gasteiger partial charge is 0.484 e. The number of benzene rings is 2. The number of carbonyl (C=O) groups excluding carboxylic acids is 2. The van der Waals surface area contributed by atoms with Crippen molar-refractivity contribution in [3.05, 3.63) is 63.1 Å². The van der Waals surface area contributed by atoms with Gasteiger partial charge in [-0.1, -0.05) is 29.3 Å². The normalized spacial score (nSPS) is 10.1. The van der Waals surface area contributed by atoms with Gasteiger partial charge in [-0.15, -0.1) is 0 Å². The van der Waals surface area contributed by atoms with Gasteiger partial charge < -0.3 is 4.74 Å². The maximum atomic E-state index is 12.0. The molecule has 0 fully saturated rings. The van der Waals surface area contributed by atoms with Gasteiger partial charge in [-0.2, -0.15) is 0 Å². The summed E-state index contributed by atoms with van der Waals surface area (Å²) in [7, 11) is 0. The van der Waals surface area contributed by atoms with E-state index in [1.807, 2.05) is 13.8 Å². The van der Waals surface area contributed by atoms with Crippen molar-refractivity contribution in [1.82, 2.24) is 16.2 Å². The molecule has 0 radical (unpaired) electrons. The molecule has 0 saturated heterocycles. The van der Waals surface area contributed by atoms with E-state index in [9.17, 15) is 9.59 Å². The van der Waals surface area contributed by atoms with E-state index in [0.29, 0.717) is 21.4 Å². The Morgan fingerprint density at radius 3 is 2.37 bits per heavy atom. The third-order valence-corrected chi connectivity index (χ3v) is 4.44. The molecular weight excluding hydrogens is 409 g/mol. The zero-order valence-electron chi connectivity index (χ0n) is 14.6. The van der Waals surface area contributed by atoms with Crippen molar-refractivity contribution in [2.24, 2.45) is 0 Å². The van der Waals surface area contributed by atoms with Gasteiger partial charge in [0.25, 0.3) is 11.8 Å². The van der Waals surface area contributed by atoms with E-state index in [1.54, 1.807) is 30.3 Å². The average Bonchev–Trinajstić information content (AvgIpc) is 2.62. The van der Waals surface area contributed by atoms with Gasteiger partial charge >= 0.3 is 0 Å². The Hall–Kier alpha value is -2.35. The number of nitrogens with one attached hydrogen (secondary N) is 3. The number of hydrogen-bond acceptors (Lipinski definition) is 4. The second-order valence-electron chi connectivity index (χ2n) is 5.63. The summed E-state index contributed by atoms with van der Waals surface area (Å²) >= 11 is 16.9. The molecule has 6 nitrogen and oxygen atoms in total. The van der Waals surface area contributed by atoms with E-state index in [1.165, 1.54) is 6.07 Å². The van der Waals surface area contributed by atoms with Crippen LogP contribution in [-0.2, 0) is 4.79 Å². The Morgan fingerprint density at radius 1 is 1.07 bits per heavy atom. The van der Waals surface area contributed by atoms with Crippen LogP contribution in [0.4, 0.5) is 0 Å². The van der Waals surface area contributed by atoms with Crippen LogP contribution in [0.3, 0.4) is 0 Å². The number of rotatable bonds is 4. The van der Waals surface area contributed by atoms with Gasteiger partial charge in [-0.25, -0.2) is 0 Å². The average molecular weight is 426 g/mol. The number of aryl methyl sites for hydroxylation is 2. The highest BCUT2D eigenvalue weighted by molar-refractivity contribution is 7.80. The third-order valence-electron chi connectivity index (χ3n) is 3.41. The number of hydrazine groups is 1. The minimum absolute atomic E-state index is 0.0634. The predicted octanol–water partition coefficient (Wildman–Crippen LogP) is 3.32. The summed E-state index contributed by atoms with van der Waals surface area (Å²) in [6, 6.07) is 9.87. The van der Waals surface area contributed by atoms with Crippen molar-refractivity contribution >= 4 is 52.3 Å².